The number of rotatable bonds is 7. The number of imidazole rings is 1. The predicted molar refractivity (Wildman–Crippen MR) is 127 cm³/mol. The van der Waals surface area contributed by atoms with Gasteiger partial charge in [0.15, 0.2) is 18.1 Å². The molecule has 1 aromatic heterocycles. The van der Waals surface area contributed by atoms with Gasteiger partial charge in [0.25, 0.3) is 5.91 Å². The van der Waals surface area contributed by atoms with Crippen LogP contribution in [0.1, 0.15) is 36.8 Å². The Balaban J connectivity index is 1.32. The van der Waals surface area contributed by atoms with E-state index in [1.807, 2.05) is 86.6 Å². The van der Waals surface area contributed by atoms with Gasteiger partial charge in [-0.3, -0.25) is 4.79 Å². The molecule has 1 aliphatic rings. The number of amides is 1. The number of para-hydroxylation sites is 3. The summed E-state index contributed by atoms with van der Waals surface area (Å²) in [6.07, 6.45) is 1.43. The van der Waals surface area contributed by atoms with E-state index in [9.17, 15) is 4.79 Å². The monoisotopic (exact) mass is 441 g/mol. The summed E-state index contributed by atoms with van der Waals surface area (Å²) in [6, 6.07) is 23.4. The molecule has 1 atom stereocenters. The van der Waals surface area contributed by atoms with E-state index >= 15 is 0 Å². The molecule has 4 aromatic rings. The van der Waals surface area contributed by atoms with Crippen molar-refractivity contribution in [3.8, 4) is 11.5 Å². The molecule has 0 aliphatic carbocycles. The average molecular weight is 442 g/mol. The molecule has 0 radical (unpaired) electrons. The van der Waals surface area contributed by atoms with Crippen LogP contribution in [0.3, 0.4) is 0 Å². The molecular formula is C27H27N3O3. The Morgan fingerprint density at radius 2 is 1.88 bits per heavy atom. The zero-order valence-electron chi connectivity index (χ0n) is 18.8. The minimum absolute atomic E-state index is 0.105. The topological polar surface area (TPSA) is 76.2 Å². The van der Waals surface area contributed by atoms with Gasteiger partial charge in [-0.15, -0.1) is 0 Å². The molecule has 2 heterocycles. The molecule has 2 N–H and O–H groups in total. The second kappa shape index (κ2) is 8.62. The molecule has 1 aliphatic heterocycles. The SMILES string of the molecule is CC1(C)Cc2cccc(OCC(=O)N[C@@H](Cc3ccccc3)c3nc4ccccc4[nH]3)c2O1. The van der Waals surface area contributed by atoms with Crippen LogP contribution in [-0.2, 0) is 17.6 Å². The van der Waals surface area contributed by atoms with Gasteiger partial charge in [-0.1, -0.05) is 54.6 Å². The first-order chi connectivity index (χ1) is 16.0. The van der Waals surface area contributed by atoms with Gasteiger partial charge in [0.1, 0.15) is 11.4 Å². The number of aromatic nitrogens is 2. The van der Waals surface area contributed by atoms with E-state index in [2.05, 4.69) is 10.3 Å². The first kappa shape index (κ1) is 21.1. The van der Waals surface area contributed by atoms with Crippen LogP contribution in [-0.4, -0.2) is 28.1 Å². The van der Waals surface area contributed by atoms with Crippen molar-refractivity contribution >= 4 is 16.9 Å². The van der Waals surface area contributed by atoms with Crippen LogP contribution < -0.4 is 14.8 Å². The first-order valence-electron chi connectivity index (χ1n) is 11.2. The van der Waals surface area contributed by atoms with Gasteiger partial charge >= 0.3 is 0 Å². The number of aromatic amines is 1. The summed E-state index contributed by atoms with van der Waals surface area (Å²) in [7, 11) is 0. The van der Waals surface area contributed by atoms with E-state index in [-0.39, 0.29) is 24.2 Å². The van der Waals surface area contributed by atoms with Crippen LogP contribution in [0.4, 0.5) is 0 Å². The number of hydrogen-bond donors (Lipinski definition) is 2. The molecule has 0 fully saturated rings. The second-order valence-corrected chi connectivity index (χ2v) is 9.02. The largest absolute Gasteiger partial charge is 0.483 e. The molecule has 33 heavy (non-hydrogen) atoms. The minimum Gasteiger partial charge on any atom is -0.483 e. The Bertz CT molecular complexity index is 1250. The van der Waals surface area contributed by atoms with E-state index in [4.69, 9.17) is 14.5 Å². The number of nitrogens with one attached hydrogen (secondary N) is 2. The molecule has 0 bridgehead atoms. The van der Waals surface area contributed by atoms with Crippen LogP contribution in [0.15, 0.2) is 72.8 Å². The third kappa shape index (κ3) is 4.70. The Morgan fingerprint density at radius 1 is 1.09 bits per heavy atom. The van der Waals surface area contributed by atoms with Crippen molar-refractivity contribution < 1.29 is 14.3 Å². The molecule has 0 saturated heterocycles. The molecule has 0 saturated carbocycles. The lowest BCUT2D eigenvalue weighted by Gasteiger charge is -2.19. The fourth-order valence-corrected chi connectivity index (χ4v) is 4.28. The first-order valence-corrected chi connectivity index (χ1v) is 11.2. The maximum atomic E-state index is 12.9. The number of fused-ring (bicyclic) bond motifs is 2. The van der Waals surface area contributed by atoms with Gasteiger partial charge in [0.05, 0.1) is 17.1 Å². The normalized spacial score (nSPS) is 15.0. The molecule has 3 aromatic carbocycles. The number of benzene rings is 3. The Morgan fingerprint density at radius 3 is 2.70 bits per heavy atom. The summed E-state index contributed by atoms with van der Waals surface area (Å²) < 4.78 is 11.9. The number of H-pyrrole nitrogens is 1. The zero-order chi connectivity index (χ0) is 22.8. The smallest absolute Gasteiger partial charge is 0.258 e. The molecule has 1 amide bonds. The maximum Gasteiger partial charge on any atom is 0.258 e. The van der Waals surface area contributed by atoms with Crippen LogP contribution in [0.5, 0.6) is 11.5 Å². The van der Waals surface area contributed by atoms with E-state index in [1.54, 1.807) is 0 Å². The number of carbonyl (C=O) groups is 1. The maximum absolute atomic E-state index is 12.9. The number of hydrogen-bond acceptors (Lipinski definition) is 4. The molecule has 6 heteroatoms. The number of carbonyl (C=O) groups excluding carboxylic acids is 1. The van der Waals surface area contributed by atoms with E-state index in [0.29, 0.717) is 12.2 Å². The van der Waals surface area contributed by atoms with Crippen molar-refractivity contribution in [2.75, 3.05) is 6.61 Å². The van der Waals surface area contributed by atoms with Crippen molar-refractivity contribution in [1.82, 2.24) is 15.3 Å². The van der Waals surface area contributed by atoms with Crippen molar-refractivity contribution in [1.29, 1.82) is 0 Å². The molecular weight excluding hydrogens is 414 g/mol. The number of nitrogens with zero attached hydrogens (tertiary/aromatic N) is 1. The van der Waals surface area contributed by atoms with Crippen molar-refractivity contribution in [3.63, 3.8) is 0 Å². The fourth-order valence-electron chi connectivity index (χ4n) is 4.28. The van der Waals surface area contributed by atoms with Crippen LogP contribution in [0.2, 0.25) is 0 Å². The standard InChI is InChI=1S/C27H27N3O3/c1-27(2)16-19-11-8-14-23(25(19)33-27)32-17-24(31)28-22(15-18-9-4-3-5-10-18)26-29-20-12-6-7-13-21(20)30-26/h3-14,22H,15-17H2,1-2H3,(H,28,31)(H,29,30)/t22-/m0/s1. The fraction of sp³-hybridized carbons (Fsp3) is 0.259. The lowest BCUT2D eigenvalue weighted by molar-refractivity contribution is -0.123. The van der Waals surface area contributed by atoms with Crippen molar-refractivity contribution in [3.05, 3.63) is 89.7 Å². The third-order valence-corrected chi connectivity index (χ3v) is 5.77. The van der Waals surface area contributed by atoms with Gasteiger partial charge in [0.2, 0.25) is 0 Å². The van der Waals surface area contributed by atoms with E-state index in [0.717, 1.165) is 40.2 Å². The van der Waals surface area contributed by atoms with Crippen LogP contribution >= 0.6 is 0 Å². The second-order valence-electron chi connectivity index (χ2n) is 9.02. The highest BCUT2D eigenvalue weighted by molar-refractivity contribution is 5.79. The average Bonchev–Trinajstić information content (AvgIpc) is 3.37. The predicted octanol–water partition coefficient (Wildman–Crippen LogP) is 4.76. The van der Waals surface area contributed by atoms with Gasteiger partial charge in [-0.25, -0.2) is 4.98 Å². The lowest BCUT2D eigenvalue weighted by atomic mass is 10.0. The summed E-state index contributed by atoms with van der Waals surface area (Å²) in [5, 5.41) is 3.10. The lowest BCUT2D eigenvalue weighted by Crippen LogP contribution is -2.34. The van der Waals surface area contributed by atoms with Crippen LogP contribution in [0, 0.1) is 0 Å². The van der Waals surface area contributed by atoms with Gasteiger partial charge < -0.3 is 19.8 Å². The molecule has 0 unspecified atom stereocenters. The Kier molecular flexibility index (Phi) is 5.50. The summed E-state index contributed by atoms with van der Waals surface area (Å²) in [4.78, 5) is 21.0. The summed E-state index contributed by atoms with van der Waals surface area (Å²) >= 11 is 0. The number of ether oxygens (including phenoxy) is 2. The quantitative estimate of drug-likeness (QED) is 0.434. The highest BCUT2D eigenvalue weighted by Crippen LogP contribution is 2.41. The third-order valence-electron chi connectivity index (χ3n) is 5.77. The highest BCUT2D eigenvalue weighted by Gasteiger charge is 2.32. The summed E-state index contributed by atoms with van der Waals surface area (Å²) in [6.45, 7) is 3.99. The molecule has 0 spiro atoms. The highest BCUT2D eigenvalue weighted by atomic mass is 16.5. The van der Waals surface area contributed by atoms with Gasteiger partial charge in [0, 0.05) is 12.0 Å². The van der Waals surface area contributed by atoms with E-state index in [1.165, 1.54) is 0 Å². The Hall–Kier alpha value is -3.80. The summed E-state index contributed by atoms with van der Waals surface area (Å²) in [5.74, 6) is 1.83. The van der Waals surface area contributed by atoms with Crippen molar-refractivity contribution in [2.45, 2.75) is 38.3 Å². The van der Waals surface area contributed by atoms with Gasteiger partial charge in [-0.2, -0.15) is 0 Å². The minimum atomic E-state index is -0.312. The molecule has 6 nitrogen and oxygen atoms in total. The Labute approximate surface area is 193 Å². The summed E-state index contributed by atoms with van der Waals surface area (Å²) in [5.41, 5.74) is 3.75. The van der Waals surface area contributed by atoms with Gasteiger partial charge in [-0.05, 0) is 44.0 Å². The molecule has 168 valence electrons. The zero-order valence-corrected chi connectivity index (χ0v) is 18.8. The van der Waals surface area contributed by atoms with Crippen LogP contribution in [0.25, 0.3) is 11.0 Å². The molecule has 5 rings (SSSR count). The van der Waals surface area contributed by atoms with E-state index < -0.39 is 0 Å². The van der Waals surface area contributed by atoms with Crippen molar-refractivity contribution in [2.24, 2.45) is 0 Å².